The summed E-state index contributed by atoms with van der Waals surface area (Å²) in [6, 6.07) is 9.24. The number of rotatable bonds is 2. The SMILES string of the molecule is Cc1nc(Oc2ccccc2Br)c(C#N)c2nc[nH]c(=O)c12. The maximum atomic E-state index is 11.9. The fourth-order valence-electron chi connectivity index (χ4n) is 2.10. The number of benzene rings is 1. The van der Waals surface area contributed by atoms with Crippen molar-refractivity contribution in [3.63, 3.8) is 0 Å². The van der Waals surface area contributed by atoms with E-state index in [0.29, 0.717) is 16.8 Å². The molecule has 0 saturated carbocycles. The van der Waals surface area contributed by atoms with Crippen LogP contribution >= 0.6 is 15.9 Å². The molecule has 0 unspecified atom stereocenters. The summed E-state index contributed by atoms with van der Waals surface area (Å²) in [5.74, 6) is 0.646. The van der Waals surface area contributed by atoms with Crippen LogP contribution in [-0.2, 0) is 0 Å². The van der Waals surface area contributed by atoms with E-state index in [1.807, 2.05) is 24.3 Å². The molecule has 2 heterocycles. The molecule has 2 aromatic heterocycles. The Bertz CT molecular complexity index is 975. The van der Waals surface area contributed by atoms with Crippen LogP contribution in [0.1, 0.15) is 11.3 Å². The van der Waals surface area contributed by atoms with E-state index >= 15 is 0 Å². The van der Waals surface area contributed by atoms with Gasteiger partial charge in [0.1, 0.15) is 22.9 Å². The van der Waals surface area contributed by atoms with Gasteiger partial charge in [0, 0.05) is 0 Å². The van der Waals surface area contributed by atoms with Crippen LogP contribution in [0.25, 0.3) is 10.9 Å². The molecular formula is C15H9BrN4O2. The second-order valence-electron chi connectivity index (χ2n) is 4.48. The summed E-state index contributed by atoms with van der Waals surface area (Å²) < 4.78 is 6.46. The van der Waals surface area contributed by atoms with Crippen molar-refractivity contribution >= 4 is 26.8 Å². The van der Waals surface area contributed by atoms with Gasteiger partial charge in [-0.1, -0.05) is 12.1 Å². The summed E-state index contributed by atoms with van der Waals surface area (Å²) in [4.78, 5) is 22.7. The highest BCUT2D eigenvalue weighted by atomic mass is 79.9. The molecule has 1 N–H and O–H groups in total. The molecule has 7 heteroatoms. The minimum atomic E-state index is -0.334. The number of fused-ring (bicyclic) bond motifs is 1. The van der Waals surface area contributed by atoms with Gasteiger partial charge in [-0.05, 0) is 35.0 Å². The molecule has 22 heavy (non-hydrogen) atoms. The molecule has 0 amide bonds. The summed E-state index contributed by atoms with van der Waals surface area (Å²) in [6.07, 6.45) is 1.26. The first-order valence-electron chi connectivity index (χ1n) is 6.32. The van der Waals surface area contributed by atoms with E-state index < -0.39 is 0 Å². The van der Waals surface area contributed by atoms with E-state index in [-0.39, 0.29) is 22.5 Å². The fraction of sp³-hybridized carbons (Fsp3) is 0.0667. The quantitative estimate of drug-likeness (QED) is 0.761. The lowest BCUT2D eigenvalue weighted by atomic mass is 10.1. The molecule has 0 aliphatic rings. The van der Waals surface area contributed by atoms with Crippen molar-refractivity contribution in [3.8, 4) is 17.7 Å². The summed E-state index contributed by atoms with van der Waals surface area (Å²) >= 11 is 3.37. The Morgan fingerprint density at radius 1 is 1.36 bits per heavy atom. The average molecular weight is 357 g/mol. The monoisotopic (exact) mass is 356 g/mol. The summed E-state index contributed by atoms with van der Waals surface area (Å²) in [5.41, 5.74) is 0.521. The Kier molecular flexibility index (Phi) is 3.61. The molecule has 0 spiro atoms. The van der Waals surface area contributed by atoms with Crippen LogP contribution in [0.3, 0.4) is 0 Å². The van der Waals surface area contributed by atoms with Crippen molar-refractivity contribution in [2.45, 2.75) is 6.92 Å². The summed E-state index contributed by atoms with van der Waals surface area (Å²) in [7, 11) is 0. The van der Waals surface area contributed by atoms with Crippen LogP contribution in [0.2, 0.25) is 0 Å². The summed E-state index contributed by atoms with van der Waals surface area (Å²) in [6.45, 7) is 1.67. The largest absolute Gasteiger partial charge is 0.436 e. The first-order chi connectivity index (χ1) is 10.6. The zero-order valence-corrected chi connectivity index (χ0v) is 13.0. The van der Waals surface area contributed by atoms with Gasteiger partial charge < -0.3 is 9.72 Å². The molecule has 6 nitrogen and oxygen atoms in total. The van der Waals surface area contributed by atoms with E-state index in [1.54, 1.807) is 13.0 Å². The van der Waals surface area contributed by atoms with Gasteiger partial charge in [0.25, 0.3) is 5.56 Å². The van der Waals surface area contributed by atoms with Crippen molar-refractivity contribution in [2.24, 2.45) is 0 Å². The van der Waals surface area contributed by atoms with Crippen molar-refractivity contribution < 1.29 is 4.74 Å². The van der Waals surface area contributed by atoms with E-state index in [2.05, 4.69) is 30.9 Å². The normalized spacial score (nSPS) is 10.4. The predicted octanol–water partition coefficient (Wildman–Crippen LogP) is 3.05. The Hall–Kier alpha value is -2.72. The first kappa shape index (κ1) is 14.2. The van der Waals surface area contributed by atoms with Crippen molar-refractivity contribution in [1.82, 2.24) is 15.0 Å². The molecule has 0 aliphatic heterocycles. The number of H-pyrrole nitrogens is 1. The lowest BCUT2D eigenvalue weighted by Crippen LogP contribution is -2.11. The van der Waals surface area contributed by atoms with Gasteiger partial charge >= 0.3 is 0 Å². The molecular weight excluding hydrogens is 348 g/mol. The number of pyridine rings is 1. The number of aryl methyl sites for hydroxylation is 1. The predicted molar refractivity (Wildman–Crippen MR) is 83.8 cm³/mol. The maximum Gasteiger partial charge on any atom is 0.260 e. The van der Waals surface area contributed by atoms with Gasteiger partial charge in [-0.2, -0.15) is 5.26 Å². The number of ether oxygens (including phenoxy) is 1. The molecule has 3 rings (SSSR count). The fourth-order valence-corrected chi connectivity index (χ4v) is 2.46. The number of hydrogen-bond donors (Lipinski definition) is 1. The lowest BCUT2D eigenvalue weighted by molar-refractivity contribution is 0.458. The second kappa shape index (κ2) is 5.58. The molecule has 108 valence electrons. The molecule has 0 radical (unpaired) electrons. The number of nitriles is 1. The summed E-state index contributed by atoms with van der Waals surface area (Å²) in [5, 5.41) is 9.70. The van der Waals surface area contributed by atoms with E-state index in [0.717, 1.165) is 4.47 Å². The average Bonchev–Trinajstić information content (AvgIpc) is 2.50. The van der Waals surface area contributed by atoms with E-state index in [4.69, 9.17) is 4.74 Å². The van der Waals surface area contributed by atoms with Crippen LogP contribution in [0.4, 0.5) is 0 Å². The van der Waals surface area contributed by atoms with Crippen LogP contribution < -0.4 is 10.3 Å². The number of nitrogens with one attached hydrogen (secondary N) is 1. The van der Waals surface area contributed by atoms with E-state index in [9.17, 15) is 10.1 Å². The van der Waals surface area contributed by atoms with Crippen LogP contribution in [0.5, 0.6) is 11.6 Å². The Balaban J connectivity index is 2.26. The van der Waals surface area contributed by atoms with Gasteiger partial charge in [0.05, 0.1) is 21.9 Å². The molecule has 0 atom stereocenters. The third kappa shape index (κ3) is 2.34. The molecule has 0 fully saturated rings. The zero-order chi connectivity index (χ0) is 15.7. The topological polar surface area (TPSA) is 91.7 Å². The molecule has 1 aromatic carbocycles. The standard InChI is InChI=1S/C15H9BrN4O2/c1-8-12-13(18-7-19-14(12)21)9(6-17)15(20-8)22-11-5-3-2-4-10(11)16/h2-5,7H,1H3,(H,18,19,21). The highest BCUT2D eigenvalue weighted by molar-refractivity contribution is 9.10. The highest BCUT2D eigenvalue weighted by Crippen LogP contribution is 2.32. The minimum absolute atomic E-state index is 0.123. The van der Waals surface area contributed by atoms with Gasteiger partial charge in [0.2, 0.25) is 5.88 Å². The smallest absolute Gasteiger partial charge is 0.260 e. The Labute approximate surface area is 133 Å². The molecule has 0 saturated heterocycles. The number of aromatic nitrogens is 3. The van der Waals surface area contributed by atoms with Crippen molar-refractivity contribution in [2.75, 3.05) is 0 Å². The van der Waals surface area contributed by atoms with Crippen LogP contribution in [0.15, 0.2) is 39.9 Å². The Morgan fingerprint density at radius 2 is 2.14 bits per heavy atom. The van der Waals surface area contributed by atoms with Crippen molar-refractivity contribution in [1.29, 1.82) is 5.26 Å². The third-order valence-corrected chi connectivity index (χ3v) is 3.75. The van der Waals surface area contributed by atoms with E-state index in [1.165, 1.54) is 6.33 Å². The van der Waals surface area contributed by atoms with Gasteiger partial charge in [-0.3, -0.25) is 4.79 Å². The molecule has 3 aromatic rings. The number of hydrogen-bond acceptors (Lipinski definition) is 5. The molecule has 0 bridgehead atoms. The van der Waals surface area contributed by atoms with Crippen LogP contribution in [-0.4, -0.2) is 15.0 Å². The number of aromatic amines is 1. The molecule has 0 aliphatic carbocycles. The highest BCUT2D eigenvalue weighted by Gasteiger charge is 2.17. The first-order valence-corrected chi connectivity index (χ1v) is 7.11. The van der Waals surface area contributed by atoms with Crippen molar-refractivity contribution in [3.05, 3.63) is 56.7 Å². The lowest BCUT2D eigenvalue weighted by Gasteiger charge is -2.10. The minimum Gasteiger partial charge on any atom is -0.436 e. The number of para-hydroxylation sites is 1. The van der Waals surface area contributed by atoms with Gasteiger partial charge in [-0.15, -0.1) is 0 Å². The maximum absolute atomic E-state index is 11.9. The number of nitrogens with zero attached hydrogens (tertiary/aromatic N) is 3. The second-order valence-corrected chi connectivity index (χ2v) is 5.33. The third-order valence-electron chi connectivity index (χ3n) is 3.09. The van der Waals surface area contributed by atoms with Crippen LogP contribution in [0, 0.1) is 18.3 Å². The Morgan fingerprint density at radius 3 is 2.86 bits per heavy atom. The van der Waals surface area contributed by atoms with Gasteiger partial charge in [-0.25, -0.2) is 9.97 Å². The zero-order valence-electron chi connectivity index (χ0n) is 11.4. The van der Waals surface area contributed by atoms with Gasteiger partial charge in [0.15, 0.2) is 0 Å². The number of halogens is 1.